The van der Waals surface area contributed by atoms with Crippen LogP contribution in [0.2, 0.25) is 0 Å². The maximum Gasteiger partial charge on any atom is 0.244 e. The van der Waals surface area contributed by atoms with Crippen molar-refractivity contribution < 1.29 is 8.42 Å². The quantitative estimate of drug-likeness (QED) is 0.836. The van der Waals surface area contributed by atoms with Gasteiger partial charge in [-0.05, 0) is 17.5 Å². The Hall–Kier alpha value is -1.89. The van der Waals surface area contributed by atoms with E-state index in [1.54, 1.807) is 12.1 Å². The fraction of sp³-hybridized carbons (Fsp3) is 0.467. The molecule has 0 heterocycles. The molecule has 0 N–H and O–H groups in total. The molecule has 1 aromatic rings. The monoisotopic (exact) mass is 305 g/mol. The molecule has 1 aromatic carbocycles. The number of hydrogen-bond acceptors (Lipinski definition) is 4. The Morgan fingerprint density at radius 2 is 1.81 bits per heavy atom. The highest BCUT2D eigenvalue weighted by Gasteiger charge is 2.29. The molecule has 0 bridgehead atoms. The van der Waals surface area contributed by atoms with Gasteiger partial charge in [-0.2, -0.15) is 14.8 Å². The van der Waals surface area contributed by atoms with E-state index < -0.39 is 10.0 Å². The highest BCUT2D eigenvalue weighted by molar-refractivity contribution is 7.89. The number of rotatable bonds is 5. The molecule has 0 saturated carbocycles. The van der Waals surface area contributed by atoms with E-state index in [4.69, 9.17) is 10.5 Å². The van der Waals surface area contributed by atoms with Gasteiger partial charge < -0.3 is 0 Å². The van der Waals surface area contributed by atoms with Gasteiger partial charge in [0.1, 0.15) is 6.07 Å². The second-order valence-electron chi connectivity index (χ2n) is 5.92. The van der Waals surface area contributed by atoms with Gasteiger partial charge in [0.2, 0.25) is 10.0 Å². The molecule has 0 unspecified atom stereocenters. The Bertz CT molecular complexity index is 676. The Labute approximate surface area is 126 Å². The highest BCUT2D eigenvalue weighted by Crippen LogP contribution is 2.24. The molecule has 6 heteroatoms. The van der Waals surface area contributed by atoms with Gasteiger partial charge in [-0.15, -0.1) is 0 Å². The minimum Gasteiger partial charge on any atom is -0.207 e. The lowest BCUT2D eigenvalue weighted by Crippen LogP contribution is -2.38. The van der Waals surface area contributed by atoms with Crippen molar-refractivity contribution in [2.24, 2.45) is 5.41 Å². The second-order valence-corrected chi connectivity index (χ2v) is 7.82. The van der Waals surface area contributed by atoms with Gasteiger partial charge in [0.25, 0.3) is 0 Å². The van der Waals surface area contributed by atoms with Gasteiger partial charge in [0.05, 0.1) is 16.5 Å². The summed E-state index contributed by atoms with van der Waals surface area (Å²) >= 11 is 0. The predicted octanol–water partition coefficient (Wildman–Crippen LogP) is 2.51. The fourth-order valence-corrected chi connectivity index (χ4v) is 3.72. The van der Waals surface area contributed by atoms with Gasteiger partial charge in [0, 0.05) is 19.5 Å². The second kappa shape index (κ2) is 6.71. The van der Waals surface area contributed by atoms with Crippen LogP contribution in [0.4, 0.5) is 0 Å². The van der Waals surface area contributed by atoms with E-state index in [2.05, 4.69) is 0 Å². The summed E-state index contributed by atoms with van der Waals surface area (Å²) in [6, 6.07) is 9.99. The molecule has 0 aliphatic heterocycles. The molecule has 0 fully saturated rings. The van der Waals surface area contributed by atoms with E-state index in [9.17, 15) is 8.42 Å². The predicted molar refractivity (Wildman–Crippen MR) is 79.6 cm³/mol. The standard InChI is InChI=1S/C15H19N3O2S/c1-15(2,3)12-18(10-6-9-16)21(19,20)14-8-5-4-7-13(14)11-17/h4-5,7-8H,6,10,12H2,1-3H3. The summed E-state index contributed by atoms with van der Waals surface area (Å²) in [7, 11) is -3.79. The molecule has 0 radical (unpaired) electrons. The number of hydrogen-bond donors (Lipinski definition) is 0. The lowest BCUT2D eigenvalue weighted by atomic mass is 9.97. The molecule has 0 saturated heterocycles. The van der Waals surface area contributed by atoms with Crippen molar-refractivity contribution >= 4 is 10.0 Å². The Balaban J connectivity index is 3.28. The van der Waals surface area contributed by atoms with Crippen molar-refractivity contribution in [3.8, 4) is 12.1 Å². The van der Waals surface area contributed by atoms with Crippen LogP contribution in [0.3, 0.4) is 0 Å². The van der Waals surface area contributed by atoms with Crippen molar-refractivity contribution in [2.45, 2.75) is 32.1 Å². The van der Waals surface area contributed by atoms with Gasteiger partial charge in [-0.25, -0.2) is 8.42 Å². The fourth-order valence-electron chi connectivity index (χ4n) is 1.91. The maximum absolute atomic E-state index is 12.8. The number of nitriles is 2. The molecule has 0 atom stereocenters. The van der Waals surface area contributed by atoms with Crippen molar-refractivity contribution in [1.82, 2.24) is 4.31 Å². The largest absolute Gasteiger partial charge is 0.244 e. The van der Waals surface area contributed by atoms with Crippen molar-refractivity contribution in [3.05, 3.63) is 29.8 Å². The lowest BCUT2D eigenvalue weighted by Gasteiger charge is -2.29. The topological polar surface area (TPSA) is 85.0 Å². The zero-order valence-electron chi connectivity index (χ0n) is 12.5. The van der Waals surface area contributed by atoms with Crippen LogP contribution in [0.1, 0.15) is 32.8 Å². The third-order valence-electron chi connectivity index (χ3n) is 2.75. The summed E-state index contributed by atoms with van der Waals surface area (Å²) in [5.41, 5.74) is -0.127. The smallest absolute Gasteiger partial charge is 0.207 e. The summed E-state index contributed by atoms with van der Waals surface area (Å²) in [6.45, 7) is 6.20. The minimum atomic E-state index is -3.79. The first kappa shape index (κ1) is 17.2. The van der Waals surface area contributed by atoms with E-state index in [1.165, 1.54) is 16.4 Å². The summed E-state index contributed by atoms with van der Waals surface area (Å²) in [5, 5.41) is 17.8. The van der Waals surface area contributed by atoms with Crippen LogP contribution in [0.15, 0.2) is 29.2 Å². The molecular formula is C15H19N3O2S. The molecule has 0 amide bonds. The van der Waals surface area contributed by atoms with Crippen LogP contribution in [0.25, 0.3) is 0 Å². The summed E-state index contributed by atoms with van der Waals surface area (Å²) in [5.74, 6) is 0. The van der Waals surface area contributed by atoms with Crippen LogP contribution < -0.4 is 0 Å². The van der Waals surface area contributed by atoms with Crippen LogP contribution in [0.5, 0.6) is 0 Å². The first-order chi connectivity index (χ1) is 9.72. The van der Waals surface area contributed by atoms with Gasteiger partial charge in [-0.3, -0.25) is 0 Å². The SMILES string of the molecule is CC(C)(C)CN(CCC#N)S(=O)(=O)c1ccccc1C#N. The molecule has 0 aliphatic carbocycles. The van der Waals surface area contributed by atoms with Crippen molar-refractivity contribution in [2.75, 3.05) is 13.1 Å². The number of nitrogens with zero attached hydrogens (tertiary/aromatic N) is 3. The van der Waals surface area contributed by atoms with E-state index in [-0.39, 0.29) is 35.4 Å². The summed E-state index contributed by atoms with van der Waals surface area (Å²) in [4.78, 5) is -0.00492. The number of benzene rings is 1. The first-order valence-corrected chi connectivity index (χ1v) is 8.02. The Morgan fingerprint density at radius 3 is 2.33 bits per heavy atom. The molecular weight excluding hydrogens is 286 g/mol. The average Bonchev–Trinajstić information content (AvgIpc) is 2.42. The molecule has 0 aliphatic rings. The molecule has 0 spiro atoms. The molecule has 1 rings (SSSR count). The molecule has 21 heavy (non-hydrogen) atoms. The molecule has 112 valence electrons. The van der Waals surface area contributed by atoms with Crippen molar-refractivity contribution in [1.29, 1.82) is 10.5 Å². The zero-order chi connectivity index (χ0) is 16.1. The summed E-state index contributed by atoms with van der Waals surface area (Å²) < 4.78 is 26.8. The molecule has 0 aromatic heterocycles. The average molecular weight is 305 g/mol. The Kier molecular flexibility index (Phi) is 5.48. The van der Waals surface area contributed by atoms with E-state index in [0.717, 1.165) is 0 Å². The van der Waals surface area contributed by atoms with E-state index in [0.29, 0.717) is 0 Å². The van der Waals surface area contributed by atoms with Gasteiger partial charge >= 0.3 is 0 Å². The van der Waals surface area contributed by atoms with Crippen LogP contribution in [0, 0.1) is 28.1 Å². The van der Waals surface area contributed by atoms with E-state index >= 15 is 0 Å². The van der Waals surface area contributed by atoms with Gasteiger partial charge in [0.15, 0.2) is 0 Å². The van der Waals surface area contributed by atoms with Crippen LogP contribution in [-0.2, 0) is 10.0 Å². The number of sulfonamides is 1. The summed E-state index contributed by atoms with van der Waals surface area (Å²) in [6.07, 6.45) is 0.115. The van der Waals surface area contributed by atoms with Gasteiger partial charge in [-0.1, -0.05) is 32.9 Å². The third kappa shape index (κ3) is 4.56. The van der Waals surface area contributed by atoms with Crippen LogP contribution >= 0.6 is 0 Å². The molecule has 5 nitrogen and oxygen atoms in total. The highest BCUT2D eigenvalue weighted by atomic mass is 32.2. The lowest BCUT2D eigenvalue weighted by molar-refractivity contribution is 0.284. The normalized spacial score (nSPS) is 11.9. The van der Waals surface area contributed by atoms with E-state index in [1.807, 2.05) is 32.9 Å². The minimum absolute atomic E-state index is 0.00492. The Morgan fingerprint density at radius 1 is 1.19 bits per heavy atom. The van der Waals surface area contributed by atoms with Crippen LogP contribution in [-0.4, -0.2) is 25.8 Å². The third-order valence-corrected chi connectivity index (χ3v) is 4.65. The van der Waals surface area contributed by atoms with Crippen molar-refractivity contribution in [3.63, 3.8) is 0 Å². The zero-order valence-corrected chi connectivity index (χ0v) is 13.3. The maximum atomic E-state index is 12.8. The first-order valence-electron chi connectivity index (χ1n) is 6.58.